The van der Waals surface area contributed by atoms with Gasteiger partial charge in [-0.3, -0.25) is 4.98 Å². The molecule has 1 saturated heterocycles. The summed E-state index contributed by atoms with van der Waals surface area (Å²) in [5.41, 5.74) is 4.08. The summed E-state index contributed by atoms with van der Waals surface area (Å²) in [6.07, 6.45) is 6.27. The standard InChI is InChI=1S/C21H23BrN4O2S/c22-15-9-17-18(23-11-15)10-20(26-5-7-27-8-6-26)25-21(17)28-16-3-1-14(2-4-16)19-12-29-13-24-19/h9-14,16H,1-8H2/t14-,16+. The van der Waals surface area contributed by atoms with Crippen LogP contribution in [0.25, 0.3) is 10.9 Å². The fourth-order valence-corrected chi connectivity index (χ4v) is 5.12. The van der Waals surface area contributed by atoms with Crippen molar-refractivity contribution >= 4 is 44.0 Å². The van der Waals surface area contributed by atoms with Gasteiger partial charge in [0, 0.05) is 41.1 Å². The quantitative estimate of drug-likeness (QED) is 0.541. The lowest BCUT2D eigenvalue weighted by molar-refractivity contribution is 0.122. The van der Waals surface area contributed by atoms with Crippen LogP contribution in [0, 0.1) is 0 Å². The number of fused-ring (bicyclic) bond motifs is 1. The number of morpholine rings is 1. The molecule has 1 aliphatic carbocycles. The Hall–Kier alpha value is -1.77. The monoisotopic (exact) mass is 474 g/mol. The van der Waals surface area contributed by atoms with Crippen LogP contribution in [0.15, 0.2) is 33.7 Å². The number of nitrogens with zero attached hydrogens (tertiary/aromatic N) is 4. The van der Waals surface area contributed by atoms with Gasteiger partial charge in [-0.05, 0) is 47.7 Å². The molecule has 0 unspecified atom stereocenters. The predicted molar refractivity (Wildman–Crippen MR) is 118 cm³/mol. The van der Waals surface area contributed by atoms with E-state index in [9.17, 15) is 0 Å². The van der Waals surface area contributed by atoms with Gasteiger partial charge in [0.2, 0.25) is 5.88 Å². The summed E-state index contributed by atoms with van der Waals surface area (Å²) >= 11 is 5.22. The molecule has 29 heavy (non-hydrogen) atoms. The molecular formula is C21H23BrN4O2S. The average molecular weight is 475 g/mol. The summed E-state index contributed by atoms with van der Waals surface area (Å²) in [7, 11) is 0. The number of hydrogen-bond donors (Lipinski definition) is 0. The Morgan fingerprint density at radius 1 is 1.10 bits per heavy atom. The van der Waals surface area contributed by atoms with Gasteiger partial charge >= 0.3 is 0 Å². The molecule has 152 valence electrons. The van der Waals surface area contributed by atoms with E-state index in [1.807, 2.05) is 11.7 Å². The van der Waals surface area contributed by atoms with Crippen LogP contribution in [0.5, 0.6) is 5.88 Å². The second kappa shape index (κ2) is 8.53. The Labute approximate surface area is 182 Å². The van der Waals surface area contributed by atoms with Crippen LogP contribution < -0.4 is 9.64 Å². The molecule has 0 aromatic carbocycles. The maximum Gasteiger partial charge on any atom is 0.225 e. The van der Waals surface area contributed by atoms with Crippen molar-refractivity contribution in [3.8, 4) is 5.88 Å². The predicted octanol–water partition coefficient (Wildman–Crippen LogP) is 4.79. The summed E-state index contributed by atoms with van der Waals surface area (Å²) in [4.78, 5) is 16.3. The third-order valence-electron chi connectivity index (χ3n) is 5.75. The molecule has 0 radical (unpaired) electrons. The molecule has 8 heteroatoms. The van der Waals surface area contributed by atoms with Crippen molar-refractivity contribution in [2.75, 3.05) is 31.2 Å². The molecule has 3 aromatic rings. The Morgan fingerprint density at radius 2 is 1.93 bits per heavy atom. The highest BCUT2D eigenvalue weighted by molar-refractivity contribution is 9.10. The van der Waals surface area contributed by atoms with Crippen LogP contribution in [0.4, 0.5) is 5.82 Å². The van der Waals surface area contributed by atoms with Crippen molar-refractivity contribution < 1.29 is 9.47 Å². The molecule has 6 nitrogen and oxygen atoms in total. The SMILES string of the molecule is Brc1cnc2cc(N3CCOCC3)nc(O[C@H]3CC[C@@H](c4cscn4)CC3)c2c1. The maximum absolute atomic E-state index is 6.47. The summed E-state index contributed by atoms with van der Waals surface area (Å²) in [6.45, 7) is 3.13. The second-order valence-corrected chi connectivity index (χ2v) is 9.24. The smallest absolute Gasteiger partial charge is 0.225 e. The third-order valence-corrected chi connectivity index (χ3v) is 6.79. The first-order valence-electron chi connectivity index (χ1n) is 10.1. The van der Waals surface area contributed by atoms with Crippen molar-refractivity contribution in [1.29, 1.82) is 0 Å². The van der Waals surface area contributed by atoms with Crippen LogP contribution in [-0.2, 0) is 4.74 Å². The molecule has 1 aliphatic heterocycles. The summed E-state index contributed by atoms with van der Waals surface area (Å²) in [5.74, 6) is 2.16. The van der Waals surface area contributed by atoms with E-state index in [1.54, 1.807) is 11.3 Å². The minimum atomic E-state index is 0.180. The molecule has 0 amide bonds. The number of anilines is 1. The van der Waals surface area contributed by atoms with E-state index < -0.39 is 0 Å². The lowest BCUT2D eigenvalue weighted by Crippen LogP contribution is -2.36. The van der Waals surface area contributed by atoms with Crippen molar-refractivity contribution in [2.24, 2.45) is 0 Å². The zero-order valence-electron chi connectivity index (χ0n) is 16.1. The van der Waals surface area contributed by atoms with Crippen molar-refractivity contribution in [3.05, 3.63) is 39.4 Å². The van der Waals surface area contributed by atoms with Crippen molar-refractivity contribution in [3.63, 3.8) is 0 Å². The number of rotatable bonds is 4. The first-order valence-corrected chi connectivity index (χ1v) is 11.8. The van der Waals surface area contributed by atoms with Gasteiger partial charge in [0.1, 0.15) is 11.9 Å². The number of pyridine rings is 2. The maximum atomic E-state index is 6.47. The van der Waals surface area contributed by atoms with Crippen LogP contribution in [0.1, 0.15) is 37.3 Å². The van der Waals surface area contributed by atoms with Crippen LogP contribution in [-0.4, -0.2) is 47.4 Å². The second-order valence-electron chi connectivity index (χ2n) is 7.61. The molecule has 0 N–H and O–H groups in total. The van der Waals surface area contributed by atoms with Gasteiger partial charge < -0.3 is 14.4 Å². The third kappa shape index (κ3) is 4.25. The molecule has 2 fully saturated rings. The van der Waals surface area contributed by atoms with E-state index in [0.717, 1.165) is 73.2 Å². The van der Waals surface area contributed by atoms with Crippen molar-refractivity contribution in [2.45, 2.75) is 37.7 Å². The molecule has 5 rings (SSSR count). The normalized spacial score (nSPS) is 22.7. The number of aromatic nitrogens is 3. The fourth-order valence-electron chi connectivity index (χ4n) is 4.16. The average Bonchev–Trinajstić information content (AvgIpc) is 3.30. The van der Waals surface area contributed by atoms with E-state index >= 15 is 0 Å². The van der Waals surface area contributed by atoms with Gasteiger partial charge in [0.15, 0.2) is 0 Å². The van der Waals surface area contributed by atoms with E-state index in [2.05, 4.69) is 48.3 Å². The zero-order chi connectivity index (χ0) is 19.6. The highest BCUT2D eigenvalue weighted by Gasteiger charge is 2.26. The lowest BCUT2D eigenvalue weighted by atomic mass is 9.86. The molecular weight excluding hydrogens is 452 g/mol. The summed E-state index contributed by atoms with van der Waals surface area (Å²) in [6, 6.07) is 4.10. The van der Waals surface area contributed by atoms with Crippen LogP contribution >= 0.6 is 27.3 Å². The topological polar surface area (TPSA) is 60.4 Å². The van der Waals surface area contributed by atoms with E-state index in [0.29, 0.717) is 11.8 Å². The van der Waals surface area contributed by atoms with Gasteiger partial charge in [0.25, 0.3) is 0 Å². The number of ether oxygens (including phenoxy) is 2. The van der Waals surface area contributed by atoms with E-state index in [1.165, 1.54) is 5.69 Å². The molecule has 0 bridgehead atoms. The molecule has 2 aliphatic rings. The Kier molecular flexibility index (Phi) is 5.65. The van der Waals surface area contributed by atoms with Crippen molar-refractivity contribution in [1.82, 2.24) is 15.0 Å². The van der Waals surface area contributed by atoms with E-state index in [-0.39, 0.29) is 6.10 Å². The lowest BCUT2D eigenvalue weighted by Gasteiger charge is -2.30. The first-order chi connectivity index (χ1) is 14.3. The summed E-state index contributed by atoms with van der Waals surface area (Å²) < 4.78 is 12.9. The van der Waals surface area contributed by atoms with Crippen LogP contribution in [0.2, 0.25) is 0 Å². The van der Waals surface area contributed by atoms with E-state index in [4.69, 9.17) is 14.5 Å². The summed E-state index contributed by atoms with van der Waals surface area (Å²) in [5, 5.41) is 3.13. The molecule has 0 atom stereocenters. The largest absolute Gasteiger partial charge is 0.474 e. The molecule has 1 saturated carbocycles. The fraction of sp³-hybridized carbons (Fsp3) is 0.476. The highest BCUT2D eigenvalue weighted by Crippen LogP contribution is 2.36. The van der Waals surface area contributed by atoms with Gasteiger partial charge in [-0.1, -0.05) is 0 Å². The minimum absolute atomic E-state index is 0.180. The molecule has 0 spiro atoms. The van der Waals surface area contributed by atoms with Gasteiger partial charge in [-0.2, -0.15) is 4.98 Å². The van der Waals surface area contributed by atoms with Gasteiger partial charge in [-0.25, -0.2) is 4.98 Å². The van der Waals surface area contributed by atoms with Gasteiger partial charge in [0.05, 0.1) is 35.3 Å². The number of halogens is 1. The Balaban J connectivity index is 1.38. The first kappa shape index (κ1) is 19.2. The van der Waals surface area contributed by atoms with Gasteiger partial charge in [-0.15, -0.1) is 11.3 Å². The number of hydrogen-bond acceptors (Lipinski definition) is 7. The Bertz CT molecular complexity index is 970. The zero-order valence-corrected chi connectivity index (χ0v) is 18.5. The van der Waals surface area contributed by atoms with Crippen LogP contribution in [0.3, 0.4) is 0 Å². The molecule has 3 aromatic heterocycles. The molecule has 4 heterocycles. The highest BCUT2D eigenvalue weighted by atomic mass is 79.9. The number of thiazole rings is 1. The minimum Gasteiger partial charge on any atom is -0.474 e. The Morgan fingerprint density at radius 3 is 2.69 bits per heavy atom.